The summed E-state index contributed by atoms with van der Waals surface area (Å²) < 4.78 is 4.03. The molecule has 2 rings (SSSR count). The summed E-state index contributed by atoms with van der Waals surface area (Å²) in [7, 11) is 0. The Bertz CT molecular complexity index is 639. The van der Waals surface area contributed by atoms with E-state index >= 15 is 0 Å². The van der Waals surface area contributed by atoms with E-state index in [4.69, 9.17) is 0 Å². The third-order valence-corrected chi connectivity index (χ3v) is 3.87. The van der Waals surface area contributed by atoms with Gasteiger partial charge in [0.15, 0.2) is 0 Å². The lowest BCUT2D eigenvalue weighted by molar-refractivity contribution is 0.0947. The van der Waals surface area contributed by atoms with Crippen LogP contribution in [0.2, 0.25) is 0 Å². The van der Waals surface area contributed by atoms with Gasteiger partial charge in [-0.15, -0.1) is 0 Å². The van der Waals surface area contributed by atoms with Gasteiger partial charge in [-0.05, 0) is 46.2 Å². The minimum absolute atomic E-state index is 0.0153. The molecular formula is C16H24N4O. The third kappa shape index (κ3) is 3.17. The van der Waals surface area contributed by atoms with Crippen LogP contribution in [0.1, 0.15) is 47.2 Å². The summed E-state index contributed by atoms with van der Waals surface area (Å²) in [5.41, 5.74) is 4.03. The van der Waals surface area contributed by atoms with Crippen LogP contribution in [0.5, 0.6) is 0 Å². The summed E-state index contributed by atoms with van der Waals surface area (Å²) in [5, 5.41) is 7.28. The van der Waals surface area contributed by atoms with E-state index in [1.165, 1.54) is 0 Å². The molecule has 0 saturated carbocycles. The quantitative estimate of drug-likeness (QED) is 0.919. The molecule has 0 aliphatic carbocycles. The fourth-order valence-electron chi connectivity index (χ4n) is 2.62. The lowest BCUT2D eigenvalue weighted by Gasteiger charge is -2.13. The largest absolute Gasteiger partial charge is 0.350 e. The predicted octanol–water partition coefficient (Wildman–Crippen LogP) is 2.62. The molecule has 1 atom stereocenters. The number of aryl methyl sites for hydroxylation is 2. The molecular weight excluding hydrogens is 264 g/mol. The Morgan fingerprint density at radius 3 is 2.62 bits per heavy atom. The molecule has 0 radical (unpaired) electrons. The van der Waals surface area contributed by atoms with Gasteiger partial charge in [-0.2, -0.15) is 5.10 Å². The normalized spacial score (nSPS) is 12.4. The topological polar surface area (TPSA) is 51.9 Å². The van der Waals surface area contributed by atoms with Crippen LogP contribution < -0.4 is 5.32 Å². The summed E-state index contributed by atoms with van der Waals surface area (Å²) in [6.07, 6.45) is 3.81. The van der Waals surface area contributed by atoms with E-state index in [9.17, 15) is 4.79 Å². The average Bonchev–Trinajstić information content (AvgIpc) is 3.00. The smallest absolute Gasteiger partial charge is 0.253 e. The van der Waals surface area contributed by atoms with Crippen LogP contribution >= 0.6 is 0 Å². The van der Waals surface area contributed by atoms with Crippen molar-refractivity contribution in [2.24, 2.45) is 0 Å². The van der Waals surface area contributed by atoms with E-state index in [-0.39, 0.29) is 11.9 Å². The summed E-state index contributed by atoms with van der Waals surface area (Å²) in [6, 6.07) is 2.09. The van der Waals surface area contributed by atoms with E-state index in [1.807, 2.05) is 50.8 Å². The summed E-state index contributed by atoms with van der Waals surface area (Å²) in [6.45, 7) is 11.6. The van der Waals surface area contributed by atoms with Crippen molar-refractivity contribution in [3.63, 3.8) is 0 Å². The van der Waals surface area contributed by atoms with Gasteiger partial charge < -0.3 is 9.88 Å². The lowest BCUT2D eigenvalue weighted by Crippen LogP contribution is -2.30. The van der Waals surface area contributed by atoms with Gasteiger partial charge in [-0.1, -0.05) is 0 Å². The maximum absolute atomic E-state index is 12.3. The van der Waals surface area contributed by atoms with E-state index in [0.29, 0.717) is 6.54 Å². The Balaban J connectivity index is 2.02. The van der Waals surface area contributed by atoms with Gasteiger partial charge in [0, 0.05) is 30.7 Å². The Labute approximate surface area is 126 Å². The van der Waals surface area contributed by atoms with Crippen molar-refractivity contribution >= 4 is 5.91 Å². The molecule has 0 fully saturated rings. The molecule has 0 aliphatic heterocycles. The second-order valence-electron chi connectivity index (χ2n) is 5.59. The number of carbonyl (C=O) groups is 1. The fourth-order valence-corrected chi connectivity index (χ4v) is 2.62. The highest BCUT2D eigenvalue weighted by Crippen LogP contribution is 2.15. The van der Waals surface area contributed by atoms with Crippen molar-refractivity contribution < 1.29 is 4.79 Å². The number of hydrogen-bond donors (Lipinski definition) is 1. The molecule has 5 heteroatoms. The van der Waals surface area contributed by atoms with Crippen molar-refractivity contribution in [1.82, 2.24) is 19.7 Å². The highest BCUT2D eigenvalue weighted by Gasteiger charge is 2.15. The Morgan fingerprint density at radius 2 is 2.10 bits per heavy atom. The molecule has 1 amide bonds. The second kappa shape index (κ2) is 6.16. The minimum Gasteiger partial charge on any atom is -0.350 e. The first-order chi connectivity index (χ1) is 9.93. The molecule has 0 spiro atoms. The summed E-state index contributed by atoms with van der Waals surface area (Å²) >= 11 is 0. The highest BCUT2D eigenvalue weighted by molar-refractivity contribution is 5.95. The standard InChI is InChI=1S/C16H24N4O/c1-6-19-12(3)7-15(14(19)5)16(21)17-9-13(4)20-10-11(2)8-18-20/h7-8,10,13H,6,9H2,1-5H3,(H,17,21)/t13-/m1/s1. The molecule has 0 bridgehead atoms. The Morgan fingerprint density at radius 1 is 1.38 bits per heavy atom. The van der Waals surface area contributed by atoms with Crippen molar-refractivity contribution in [1.29, 1.82) is 0 Å². The van der Waals surface area contributed by atoms with Crippen LogP contribution in [-0.2, 0) is 6.54 Å². The highest BCUT2D eigenvalue weighted by atomic mass is 16.1. The van der Waals surface area contributed by atoms with Gasteiger partial charge in [0.2, 0.25) is 0 Å². The first kappa shape index (κ1) is 15.4. The number of nitrogens with zero attached hydrogens (tertiary/aromatic N) is 3. The van der Waals surface area contributed by atoms with E-state index < -0.39 is 0 Å². The number of rotatable bonds is 5. The van der Waals surface area contributed by atoms with Crippen LogP contribution in [0.3, 0.4) is 0 Å². The number of hydrogen-bond acceptors (Lipinski definition) is 2. The fraction of sp³-hybridized carbons (Fsp3) is 0.500. The molecule has 0 unspecified atom stereocenters. The van der Waals surface area contributed by atoms with Gasteiger partial charge in [0.05, 0.1) is 17.8 Å². The van der Waals surface area contributed by atoms with Crippen LogP contribution in [0, 0.1) is 20.8 Å². The van der Waals surface area contributed by atoms with Crippen molar-refractivity contribution in [3.05, 3.63) is 41.0 Å². The lowest BCUT2D eigenvalue weighted by atomic mass is 10.2. The molecule has 2 heterocycles. The first-order valence-electron chi connectivity index (χ1n) is 7.39. The van der Waals surface area contributed by atoms with Crippen LogP contribution in [0.4, 0.5) is 0 Å². The molecule has 1 N–H and O–H groups in total. The number of carbonyl (C=O) groups excluding carboxylic acids is 1. The third-order valence-electron chi connectivity index (χ3n) is 3.87. The van der Waals surface area contributed by atoms with E-state index in [1.54, 1.807) is 0 Å². The van der Waals surface area contributed by atoms with Gasteiger partial charge in [-0.25, -0.2) is 0 Å². The molecule has 0 aromatic carbocycles. The van der Waals surface area contributed by atoms with E-state index in [0.717, 1.165) is 29.1 Å². The van der Waals surface area contributed by atoms with Gasteiger partial charge >= 0.3 is 0 Å². The Hall–Kier alpha value is -2.04. The van der Waals surface area contributed by atoms with Gasteiger partial charge in [0.1, 0.15) is 0 Å². The SMILES string of the molecule is CCn1c(C)cc(C(=O)NC[C@@H](C)n2cc(C)cn2)c1C. The summed E-state index contributed by atoms with van der Waals surface area (Å²) in [5.74, 6) is -0.0153. The average molecular weight is 288 g/mol. The number of aromatic nitrogens is 3. The van der Waals surface area contributed by atoms with Crippen LogP contribution in [0.15, 0.2) is 18.5 Å². The van der Waals surface area contributed by atoms with Gasteiger partial charge in [-0.3, -0.25) is 9.48 Å². The van der Waals surface area contributed by atoms with Crippen molar-refractivity contribution in [2.45, 2.75) is 47.2 Å². The maximum atomic E-state index is 12.3. The first-order valence-corrected chi connectivity index (χ1v) is 7.39. The molecule has 5 nitrogen and oxygen atoms in total. The van der Waals surface area contributed by atoms with Crippen LogP contribution in [-0.4, -0.2) is 26.8 Å². The van der Waals surface area contributed by atoms with Crippen LogP contribution in [0.25, 0.3) is 0 Å². The molecule has 21 heavy (non-hydrogen) atoms. The molecule has 0 aliphatic rings. The number of amides is 1. The molecule has 2 aromatic rings. The predicted molar refractivity (Wildman–Crippen MR) is 83.6 cm³/mol. The summed E-state index contributed by atoms with van der Waals surface area (Å²) in [4.78, 5) is 12.3. The van der Waals surface area contributed by atoms with Crippen molar-refractivity contribution in [2.75, 3.05) is 6.54 Å². The molecule has 0 saturated heterocycles. The van der Waals surface area contributed by atoms with Gasteiger partial charge in [0.25, 0.3) is 5.91 Å². The molecule has 2 aromatic heterocycles. The van der Waals surface area contributed by atoms with Crippen molar-refractivity contribution in [3.8, 4) is 0 Å². The number of nitrogens with one attached hydrogen (secondary N) is 1. The van der Waals surface area contributed by atoms with E-state index in [2.05, 4.69) is 21.9 Å². The second-order valence-corrected chi connectivity index (χ2v) is 5.59. The zero-order valence-electron chi connectivity index (χ0n) is 13.5. The Kier molecular flexibility index (Phi) is 4.50. The zero-order valence-corrected chi connectivity index (χ0v) is 13.5. The monoisotopic (exact) mass is 288 g/mol. The maximum Gasteiger partial charge on any atom is 0.253 e. The molecule has 114 valence electrons. The minimum atomic E-state index is -0.0153. The zero-order chi connectivity index (χ0) is 15.6.